The van der Waals surface area contributed by atoms with Crippen molar-refractivity contribution >= 4 is 15.8 Å². The molecular weight excluding hydrogens is 278 g/mol. The summed E-state index contributed by atoms with van der Waals surface area (Å²) in [7, 11) is -3.05. The summed E-state index contributed by atoms with van der Waals surface area (Å²) >= 11 is 0. The fraction of sp³-hybridized carbons (Fsp3) is 0.692. The molecule has 1 spiro atoms. The van der Waals surface area contributed by atoms with E-state index in [4.69, 9.17) is 4.74 Å². The number of ether oxygens (including phenoxy) is 1. The minimum absolute atomic E-state index is 0.0902. The van der Waals surface area contributed by atoms with E-state index >= 15 is 0 Å². The van der Waals surface area contributed by atoms with Gasteiger partial charge in [0.2, 0.25) is 5.95 Å². The van der Waals surface area contributed by atoms with Crippen LogP contribution in [0.1, 0.15) is 13.3 Å². The summed E-state index contributed by atoms with van der Waals surface area (Å²) in [5.74, 6) is 0.969. The summed E-state index contributed by atoms with van der Waals surface area (Å²) in [6.07, 6.45) is 4.05. The van der Waals surface area contributed by atoms with E-state index in [1.54, 1.807) is 18.5 Å². The van der Waals surface area contributed by atoms with Crippen LogP contribution in [0.2, 0.25) is 0 Å². The van der Waals surface area contributed by atoms with Crippen LogP contribution in [0.4, 0.5) is 5.95 Å². The molecule has 6 nitrogen and oxygen atoms in total. The van der Waals surface area contributed by atoms with Crippen molar-refractivity contribution in [1.29, 1.82) is 0 Å². The Morgan fingerprint density at radius 2 is 2.10 bits per heavy atom. The predicted octanol–water partition coefficient (Wildman–Crippen LogP) is 0.507. The Labute approximate surface area is 119 Å². The number of anilines is 1. The molecule has 3 heterocycles. The van der Waals surface area contributed by atoms with Crippen molar-refractivity contribution < 1.29 is 13.2 Å². The minimum atomic E-state index is -3.05. The first kappa shape index (κ1) is 13.8. The third-order valence-electron chi connectivity index (χ3n) is 4.37. The molecule has 1 unspecified atom stereocenters. The third-order valence-corrected chi connectivity index (χ3v) is 6.98. The Bertz CT molecular complexity index is 570. The molecule has 1 atom stereocenters. The van der Waals surface area contributed by atoms with Crippen molar-refractivity contribution in [3.8, 4) is 0 Å². The summed E-state index contributed by atoms with van der Waals surface area (Å²) in [5.41, 5.74) is 0. The zero-order valence-electron chi connectivity index (χ0n) is 11.5. The first-order valence-corrected chi connectivity index (χ1v) is 8.56. The Morgan fingerprint density at radius 1 is 1.40 bits per heavy atom. The van der Waals surface area contributed by atoms with E-state index in [9.17, 15) is 8.42 Å². The van der Waals surface area contributed by atoms with E-state index in [1.807, 2.05) is 11.8 Å². The van der Waals surface area contributed by atoms with Crippen molar-refractivity contribution in [2.75, 3.05) is 37.0 Å². The Kier molecular flexibility index (Phi) is 3.41. The minimum Gasteiger partial charge on any atom is -0.381 e. The molecule has 0 bridgehead atoms. The molecule has 2 saturated heterocycles. The average molecular weight is 297 g/mol. The molecule has 2 aliphatic heterocycles. The number of hydrogen-bond donors (Lipinski definition) is 0. The number of aromatic nitrogens is 2. The second-order valence-electron chi connectivity index (χ2n) is 5.43. The third kappa shape index (κ3) is 2.00. The van der Waals surface area contributed by atoms with Gasteiger partial charge in [-0.25, -0.2) is 18.4 Å². The van der Waals surface area contributed by atoms with E-state index in [1.165, 1.54) is 0 Å². The summed E-state index contributed by atoms with van der Waals surface area (Å²) < 4.78 is 29.6. The van der Waals surface area contributed by atoms with Gasteiger partial charge in [-0.15, -0.1) is 0 Å². The van der Waals surface area contributed by atoms with E-state index < -0.39 is 14.6 Å². The molecule has 0 aliphatic carbocycles. The maximum absolute atomic E-state index is 12.4. The molecule has 3 rings (SSSR count). The zero-order valence-corrected chi connectivity index (χ0v) is 12.3. The summed E-state index contributed by atoms with van der Waals surface area (Å²) in [6.45, 7) is 4.05. The number of sulfone groups is 1. The fourth-order valence-corrected chi connectivity index (χ4v) is 5.56. The molecule has 2 fully saturated rings. The van der Waals surface area contributed by atoms with Crippen LogP contribution in [0.15, 0.2) is 18.5 Å². The van der Waals surface area contributed by atoms with Gasteiger partial charge in [-0.2, -0.15) is 0 Å². The predicted molar refractivity (Wildman–Crippen MR) is 75.4 cm³/mol. The molecule has 2 aliphatic rings. The first-order chi connectivity index (χ1) is 9.59. The topological polar surface area (TPSA) is 72.4 Å². The van der Waals surface area contributed by atoms with Crippen molar-refractivity contribution in [2.24, 2.45) is 5.92 Å². The number of rotatable bonds is 4. The highest BCUT2D eigenvalue weighted by Gasteiger charge is 2.62. The average Bonchev–Trinajstić information content (AvgIpc) is 2.67. The zero-order chi connectivity index (χ0) is 14.2. The van der Waals surface area contributed by atoms with Crippen LogP contribution in [-0.4, -0.2) is 55.2 Å². The maximum Gasteiger partial charge on any atom is 0.225 e. The molecular formula is C13H19N3O3S. The quantitative estimate of drug-likeness (QED) is 0.806. The van der Waals surface area contributed by atoms with Crippen LogP contribution in [0.25, 0.3) is 0 Å². The van der Waals surface area contributed by atoms with Gasteiger partial charge in [-0.1, -0.05) is 0 Å². The Balaban J connectivity index is 1.78. The summed E-state index contributed by atoms with van der Waals surface area (Å²) in [5, 5.41) is 0. The van der Waals surface area contributed by atoms with Crippen LogP contribution >= 0.6 is 0 Å². The maximum atomic E-state index is 12.4. The monoisotopic (exact) mass is 297 g/mol. The van der Waals surface area contributed by atoms with Crippen LogP contribution in [0.5, 0.6) is 0 Å². The SMILES string of the molecule is CCOCC1CCS(=O)(=O)C12CN(c1ncccn1)C2. The second kappa shape index (κ2) is 4.96. The van der Waals surface area contributed by atoms with Gasteiger partial charge in [0.05, 0.1) is 12.4 Å². The fourth-order valence-electron chi connectivity index (χ4n) is 3.16. The highest BCUT2D eigenvalue weighted by atomic mass is 32.2. The molecule has 20 heavy (non-hydrogen) atoms. The first-order valence-electron chi connectivity index (χ1n) is 6.91. The molecule has 1 aromatic rings. The van der Waals surface area contributed by atoms with Gasteiger partial charge in [-0.05, 0) is 19.4 Å². The van der Waals surface area contributed by atoms with E-state index in [2.05, 4.69) is 9.97 Å². The van der Waals surface area contributed by atoms with E-state index in [0.29, 0.717) is 38.7 Å². The lowest BCUT2D eigenvalue weighted by Crippen LogP contribution is -2.68. The van der Waals surface area contributed by atoms with Gasteiger partial charge in [-0.3, -0.25) is 0 Å². The van der Waals surface area contributed by atoms with Gasteiger partial charge in [0.25, 0.3) is 0 Å². The van der Waals surface area contributed by atoms with Crippen molar-refractivity contribution in [3.63, 3.8) is 0 Å². The molecule has 0 aromatic carbocycles. The van der Waals surface area contributed by atoms with Gasteiger partial charge >= 0.3 is 0 Å². The lowest BCUT2D eigenvalue weighted by atomic mass is 9.84. The van der Waals surface area contributed by atoms with Crippen molar-refractivity contribution in [2.45, 2.75) is 18.1 Å². The van der Waals surface area contributed by atoms with E-state index in [-0.39, 0.29) is 11.7 Å². The van der Waals surface area contributed by atoms with Gasteiger partial charge in [0.15, 0.2) is 9.84 Å². The van der Waals surface area contributed by atoms with Crippen molar-refractivity contribution in [3.05, 3.63) is 18.5 Å². The molecule has 7 heteroatoms. The largest absolute Gasteiger partial charge is 0.381 e. The summed E-state index contributed by atoms with van der Waals surface area (Å²) in [4.78, 5) is 10.3. The highest BCUT2D eigenvalue weighted by Crippen LogP contribution is 2.45. The lowest BCUT2D eigenvalue weighted by molar-refractivity contribution is 0.0888. The van der Waals surface area contributed by atoms with Crippen LogP contribution in [-0.2, 0) is 14.6 Å². The van der Waals surface area contributed by atoms with Crippen LogP contribution in [0, 0.1) is 5.92 Å². The highest BCUT2D eigenvalue weighted by molar-refractivity contribution is 7.93. The van der Waals surface area contributed by atoms with Gasteiger partial charge in [0.1, 0.15) is 4.75 Å². The molecule has 1 aromatic heterocycles. The standard InChI is InChI=1S/C13H19N3O3S/c1-2-19-8-11-4-7-20(17,18)13(11)9-16(10-13)12-14-5-3-6-15-12/h3,5-6,11H,2,4,7-10H2,1H3. The van der Waals surface area contributed by atoms with Crippen molar-refractivity contribution in [1.82, 2.24) is 9.97 Å². The van der Waals surface area contributed by atoms with E-state index in [0.717, 1.165) is 0 Å². The van der Waals surface area contributed by atoms with Crippen LogP contribution < -0.4 is 4.90 Å². The normalized spacial score (nSPS) is 26.6. The lowest BCUT2D eigenvalue weighted by Gasteiger charge is -2.49. The van der Waals surface area contributed by atoms with Gasteiger partial charge in [0, 0.05) is 38.0 Å². The second-order valence-corrected chi connectivity index (χ2v) is 7.88. The molecule has 0 amide bonds. The number of hydrogen-bond acceptors (Lipinski definition) is 6. The molecule has 0 radical (unpaired) electrons. The Morgan fingerprint density at radius 3 is 2.75 bits per heavy atom. The summed E-state index contributed by atoms with van der Waals surface area (Å²) in [6, 6.07) is 1.75. The smallest absolute Gasteiger partial charge is 0.225 e. The number of nitrogens with zero attached hydrogens (tertiary/aromatic N) is 3. The molecule has 0 saturated carbocycles. The molecule has 0 N–H and O–H groups in total. The Hall–Kier alpha value is -1.21. The molecule has 110 valence electrons. The van der Waals surface area contributed by atoms with Gasteiger partial charge < -0.3 is 9.64 Å². The van der Waals surface area contributed by atoms with Crippen LogP contribution in [0.3, 0.4) is 0 Å².